The van der Waals surface area contributed by atoms with Gasteiger partial charge in [0.2, 0.25) is 0 Å². The van der Waals surface area contributed by atoms with Crippen molar-refractivity contribution in [2.24, 2.45) is 29.6 Å². The highest BCUT2D eigenvalue weighted by Gasteiger charge is 2.39. The molecule has 3 fully saturated rings. The third kappa shape index (κ3) is 5.76. The second-order valence-corrected chi connectivity index (χ2v) is 11.6. The van der Waals surface area contributed by atoms with Gasteiger partial charge in [-0.1, -0.05) is 58.8 Å². The minimum Gasteiger partial charge on any atom is -0.207 e. The van der Waals surface area contributed by atoms with Gasteiger partial charge in [-0.3, -0.25) is 0 Å². The summed E-state index contributed by atoms with van der Waals surface area (Å²) in [4.78, 5) is 0. The molecule has 0 bridgehead atoms. The molecule has 0 nitrogen and oxygen atoms in total. The monoisotopic (exact) mass is 444 g/mol. The van der Waals surface area contributed by atoms with Crippen molar-refractivity contribution in [2.45, 2.75) is 122 Å². The van der Waals surface area contributed by atoms with Gasteiger partial charge in [0, 0.05) is 5.56 Å². The van der Waals surface area contributed by atoms with Gasteiger partial charge in [0.05, 0.1) is 0 Å². The van der Waals surface area contributed by atoms with Crippen molar-refractivity contribution >= 4 is 0 Å². The van der Waals surface area contributed by atoms with E-state index in [1.54, 1.807) is 12.1 Å². The van der Waals surface area contributed by atoms with E-state index in [9.17, 15) is 8.78 Å². The molecule has 1 aromatic carbocycles. The van der Waals surface area contributed by atoms with E-state index in [4.69, 9.17) is 0 Å². The van der Waals surface area contributed by atoms with E-state index < -0.39 is 0 Å². The molecule has 3 saturated carbocycles. The van der Waals surface area contributed by atoms with Crippen molar-refractivity contribution in [3.05, 3.63) is 34.9 Å². The smallest absolute Gasteiger partial charge is 0.129 e. The van der Waals surface area contributed by atoms with Crippen LogP contribution in [0.3, 0.4) is 0 Å². The fourth-order valence-electron chi connectivity index (χ4n) is 7.63. The zero-order chi connectivity index (χ0) is 22.5. The second kappa shape index (κ2) is 11.5. The van der Waals surface area contributed by atoms with Crippen LogP contribution in [0.25, 0.3) is 0 Å². The van der Waals surface area contributed by atoms with Crippen LogP contribution in [0.1, 0.15) is 127 Å². The normalized spacial score (nSPS) is 33.1. The molecule has 4 unspecified atom stereocenters. The van der Waals surface area contributed by atoms with Crippen LogP contribution in [0.5, 0.6) is 0 Å². The molecule has 0 radical (unpaired) electrons. The lowest BCUT2D eigenvalue weighted by Crippen LogP contribution is -2.34. The van der Waals surface area contributed by atoms with Gasteiger partial charge in [-0.15, -0.1) is 0 Å². The Hall–Kier alpha value is -0.920. The van der Waals surface area contributed by atoms with Crippen LogP contribution in [0, 0.1) is 41.2 Å². The van der Waals surface area contributed by atoms with Gasteiger partial charge in [0.15, 0.2) is 0 Å². The molecule has 180 valence electrons. The average molecular weight is 445 g/mol. The van der Waals surface area contributed by atoms with Gasteiger partial charge in [-0.2, -0.15) is 0 Å². The van der Waals surface area contributed by atoms with Crippen molar-refractivity contribution < 1.29 is 8.78 Å². The van der Waals surface area contributed by atoms with E-state index in [1.165, 1.54) is 77.0 Å². The largest absolute Gasteiger partial charge is 0.207 e. The van der Waals surface area contributed by atoms with Gasteiger partial charge >= 0.3 is 0 Å². The zero-order valence-corrected chi connectivity index (χ0v) is 20.7. The number of hydrogen-bond acceptors (Lipinski definition) is 0. The molecule has 2 heteroatoms. The molecular weight excluding hydrogens is 398 g/mol. The molecule has 32 heavy (non-hydrogen) atoms. The molecule has 1 aromatic rings. The number of benzene rings is 1. The standard InChI is InChI=1S/C30H46F2/c1-3-5-6-8-21-9-11-22(12-10-21)23-13-14-25-18-26(16-15-24(25)17-23)27-19-29(31)28(7-4-2)30(32)20-27/h19-26H,3-18H2,1-2H3. The second-order valence-electron chi connectivity index (χ2n) is 11.6. The molecule has 3 aliphatic carbocycles. The Labute approximate surface area is 196 Å². The van der Waals surface area contributed by atoms with Gasteiger partial charge in [0.25, 0.3) is 0 Å². The average Bonchev–Trinajstić information content (AvgIpc) is 2.81. The first-order chi connectivity index (χ1) is 15.6. The Kier molecular flexibility index (Phi) is 8.68. The molecule has 0 amide bonds. The first-order valence-corrected chi connectivity index (χ1v) is 14.1. The van der Waals surface area contributed by atoms with Crippen LogP contribution in [-0.2, 0) is 6.42 Å². The molecule has 3 aliphatic rings. The highest BCUT2D eigenvalue weighted by Crippen LogP contribution is 2.51. The first kappa shape index (κ1) is 24.2. The molecule has 0 aliphatic heterocycles. The summed E-state index contributed by atoms with van der Waals surface area (Å²) in [5.41, 5.74) is 1.20. The van der Waals surface area contributed by atoms with E-state index in [0.717, 1.165) is 54.4 Å². The molecule has 4 atom stereocenters. The van der Waals surface area contributed by atoms with Crippen LogP contribution in [-0.4, -0.2) is 0 Å². The molecule has 4 rings (SSSR count). The van der Waals surface area contributed by atoms with Crippen molar-refractivity contribution in [1.82, 2.24) is 0 Å². The van der Waals surface area contributed by atoms with Crippen LogP contribution in [0.4, 0.5) is 8.78 Å². The summed E-state index contributed by atoms with van der Waals surface area (Å²) in [6.45, 7) is 4.28. The first-order valence-electron chi connectivity index (χ1n) is 14.1. The predicted molar refractivity (Wildman–Crippen MR) is 131 cm³/mol. The van der Waals surface area contributed by atoms with Gasteiger partial charge in [-0.25, -0.2) is 8.78 Å². The quantitative estimate of drug-likeness (QED) is 0.350. The Morgan fingerprint density at radius 2 is 1.28 bits per heavy atom. The molecule has 0 heterocycles. The molecule has 0 N–H and O–H groups in total. The van der Waals surface area contributed by atoms with Gasteiger partial charge < -0.3 is 0 Å². The summed E-state index contributed by atoms with van der Waals surface area (Å²) in [5.74, 6) is 4.28. The molecule has 0 aromatic heterocycles. The Morgan fingerprint density at radius 3 is 1.94 bits per heavy atom. The van der Waals surface area contributed by atoms with Crippen LogP contribution < -0.4 is 0 Å². The van der Waals surface area contributed by atoms with Crippen molar-refractivity contribution in [2.75, 3.05) is 0 Å². The SMILES string of the molecule is CCCCCC1CCC(C2CCC3CC(c4cc(F)c(CCC)c(F)c4)CCC3C2)CC1. The van der Waals surface area contributed by atoms with Crippen LogP contribution in [0.2, 0.25) is 0 Å². The highest BCUT2D eigenvalue weighted by molar-refractivity contribution is 5.29. The highest BCUT2D eigenvalue weighted by atomic mass is 19.1. The summed E-state index contributed by atoms with van der Waals surface area (Å²) >= 11 is 0. The maximum absolute atomic E-state index is 14.5. The van der Waals surface area contributed by atoms with Gasteiger partial charge in [-0.05, 0) is 111 Å². The minimum absolute atomic E-state index is 0.283. The summed E-state index contributed by atoms with van der Waals surface area (Å²) in [7, 11) is 0. The summed E-state index contributed by atoms with van der Waals surface area (Å²) < 4.78 is 29.0. The summed E-state index contributed by atoms with van der Waals surface area (Å²) in [6.07, 6.45) is 20.6. The number of rotatable bonds is 8. The Morgan fingerprint density at radius 1 is 0.688 bits per heavy atom. The van der Waals surface area contributed by atoms with Crippen molar-refractivity contribution in [1.29, 1.82) is 0 Å². The van der Waals surface area contributed by atoms with E-state index in [1.807, 2.05) is 6.92 Å². The van der Waals surface area contributed by atoms with E-state index in [2.05, 4.69) is 6.92 Å². The number of halogens is 2. The van der Waals surface area contributed by atoms with Crippen LogP contribution >= 0.6 is 0 Å². The number of unbranched alkanes of at least 4 members (excludes halogenated alkanes) is 2. The molecular formula is C30H46F2. The van der Waals surface area contributed by atoms with Crippen molar-refractivity contribution in [3.63, 3.8) is 0 Å². The number of hydrogen-bond donors (Lipinski definition) is 0. The fourth-order valence-corrected chi connectivity index (χ4v) is 7.63. The maximum Gasteiger partial charge on any atom is 0.129 e. The van der Waals surface area contributed by atoms with E-state index >= 15 is 0 Å². The Balaban J connectivity index is 1.28. The third-order valence-electron chi connectivity index (χ3n) is 9.56. The summed E-state index contributed by atoms with van der Waals surface area (Å²) in [6, 6.07) is 3.31. The topological polar surface area (TPSA) is 0 Å². The zero-order valence-electron chi connectivity index (χ0n) is 20.7. The maximum atomic E-state index is 14.5. The lowest BCUT2D eigenvalue weighted by molar-refractivity contribution is 0.0709. The fraction of sp³-hybridized carbons (Fsp3) is 0.800. The molecule has 0 saturated heterocycles. The van der Waals surface area contributed by atoms with Gasteiger partial charge in [0.1, 0.15) is 11.6 Å². The van der Waals surface area contributed by atoms with E-state index in [-0.39, 0.29) is 17.2 Å². The predicted octanol–water partition coefficient (Wildman–Crippen LogP) is 9.60. The van der Waals surface area contributed by atoms with Crippen molar-refractivity contribution in [3.8, 4) is 0 Å². The van der Waals surface area contributed by atoms with Crippen LogP contribution in [0.15, 0.2) is 12.1 Å². The lowest BCUT2D eigenvalue weighted by Gasteiger charge is -2.45. The van der Waals surface area contributed by atoms with E-state index in [0.29, 0.717) is 12.3 Å². The summed E-state index contributed by atoms with van der Waals surface area (Å²) in [5, 5.41) is 0. The molecule has 0 spiro atoms. The third-order valence-corrected chi connectivity index (χ3v) is 9.56. The minimum atomic E-state index is -0.321. The Bertz CT molecular complexity index is 695. The lowest BCUT2D eigenvalue weighted by atomic mass is 9.60. The number of fused-ring (bicyclic) bond motifs is 1.